The molecule has 1 heterocycles. The summed E-state index contributed by atoms with van der Waals surface area (Å²) < 4.78 is 1.74. The molecule has 0 fully saturated rings. The number of amides is 1. The van der Waals surface area contributed by atoms with E-state index in [1.165, 1.54) is 30.2 Å². The molecule has 1 aliphatic rings. The van der Waals surface area contributed by atoms with E-state index < -0.39 is 0 Å². The molecule has 1 amide bonds. The third kappa shape index (κ3) is 4.18. The number of rotatable bonds is 6. The van der Waals surface area contributed by atoms with Gasteiger partial charge in [-0.1, -0.05) is 35.5 Å². The zero-order valence-electron chi connectivity index (χ0n) is 15.3. The summed E-state index contributed by atoms with van der Waals surface area (Å²) in [5.41, 5.74) is 2.07. The first-order valence-corrected chi connectivity index (χ1v) is 10.0. The maximum atomic E-state index is 13.0. The van der Waals surface area contributed by atoms with Crippen LogP contribution in [0.25, 0.3) is 10.9 Å². The molecule has 5 nitrogen and oxygen atoms in total. The van der Waals surface area contributed by atoms with E-state index in [2.05, 4.69) is 16.4 Å². The Labute approximate surface area is 157 Å². The van der Waals surface area contributed by atoms with E-state index >= 15 is 0 Å². The minimum atomic E-state index is -0.312. The molecular formula is C20H25N3O2S. The maximum absolute atomic E-state index is 13.0. The molecule has 0 aliphatic heterocycles. The molecule has 1 atom stereocenters. The van der Waals surface area contributed by atoms with Crippen LogP contribution in [0.2, 0.25) is 0 Å². The number of allylic oxidation sites excluding steroid dienone is 2. The number of nitrogens with one attached hydrogen (secondary N) is 1. The van der Waals surface area contributed by atoms with Crippen molar-refractivity contribution in [1.29, 1.82) is 0 Å². The average molecular weight is 372 g/mol. The number of nitrogens with zero attached hydrogens (tertiary/aromatic N) is 2. The van der Waals surface area contributed by atoms with Crippen LogP contribution in [0.5, 0.6) is 0 Å². The Hall–Kier alpha value is -2.08. The zero-order chi connectivity index (χ0) is 18.5. The molecule has 1 aliphatic carbocycles. The van der Waals surface area contributed by atoms with E-state index in [0.717, 1.165) is 19.3 Å². The summed E-state index contributed by atoms with van der Waals surface area (Å²) in [6, 6.07) is 7.40. The van der Waals surface area contributed by atoms with Crippen LogP contribution in [-0.4, -0.2) is 27.8 Å². The highest BCUT2D eigenvalue weighted by Gasteiger charge is 2.18. The molecule has 138 valence electrons. The molecule has 1 aromatic heterocycles. The number of benzene rings is 1. The number of thioether (sulfide) groups is 1. The van der Waals surface area contributed by atoms with Crippen molar-refractivity contribution in [1.82, 2.24) is 14.9 Å². The van der Waals surface area contributed by atoms with Gasteiger partial charge in [0, 0.05) is 13.6 Å². The number of aromatic nitrogens is 2. The number of para-hydroxylation sites is 1. The Morgan fingerprint density at radius 2 is 2.15 bits per heavy atom. The summed E-state index contributed by atoms with van der Waals surface area (Å²) in [5, 5.41) is 3.58. The van der Waals surface area contributed by atoms with Crippen LogP contribution >= 0.6 is 11.8 Å². The van der Waals surface area contributed by atoms with Crippen molar-refractivity contribution in [2.75, 3.05) is 7.05 Å². The summed E-state index contributed by atoms with van der Waals surface area (Å²) in [6.07, 6.45) is 7.91. The van der Waals surface area contributed by atoms with Gasteiger partial charge in [0.1, 0.15) is 0 Å². The van der Waals surface area contributed by atoms with E-state index in [1.807, 2.05) is 31.2 Å². The lowest BCUT2D eigenvalue weighted by molar-refractivity contribution is -0.119. The van der Waals surface area contributed by atoms with Crippen LogP contribution in [0.15, 0.2) is 45.9 Å². The average Bonchev–Trinajstić information content (AvgIpc) is 2.68. The molecule has 0 saturated heterocycles. The van der Waals surface area contributed by atoms with Crippen molar-refractivity contribution >= 4 is 28.6 Å². The van der Waals surface area contributed by atoms with Crippen LogP contribution in [0.1, 0.15) is 39.0 Å². The van der Waals surface area contributed by atoms with Crippen molar-refractivity contribution < 1.29 is 4.79 Å². The Kier molecular flexibility index (Phi) is 6.14. The number of carbonyl (C=O) groups excluding carboxylic acids is 1. The summed E-state index contributed by atoms with van der Waals surface area (Å²) in [6.45, 7) is 2.43. The second-order valence-electron chi connectivity index (χ2n) is 6.60. The smallest absolute Gasteiger partial charge is 0.262 e. The maximum Gasteiger partial charge on any atom is 0.262 e. The van der Waals surface area contributed by atoms with Gasteiger partial charge in [0.15, 0.2) is 5.16 Å². The third-order valence-electron chi connectivity index (χ3n) is 4.77. The van der Waals surface area contributed by atoms with E-state index in [-0.39, 0.29) is 16.7 Å². The lowest BCUT2D eigenvalue weighted by atomic mass is 9.97. The summed E-state index contributed by atoms with van der Waals surface area (Å²) in [7, 11) is 1.62. The van der Waals surface area contributed by atoms with Gasteiger partial charge in [0.05, 0.1) is 16.2 Å². The van der Waals surface area contributed by atoms with E-state index in [1.54, 1.807) is 11.6 Å². The molecule has 0 spiro atoms. The molecule has 0 radical (unpaired) electrons. The first kappa shape index (κ1) is 18.7. The largest absolute Gasteiger partial charge is 0.358 e. The predicted molar refractivity (Wildman–Crippen MR) is 107 cm³/mol. The summed E-state index contributed by atoms with van der Waals surface area (Å²) >= 11 is 1.34. The highest BCUT2D eigenvalue weighted by molar-refractivity contribution is 8.00. The number of carbonyl (C=O) groups is 1. The van der Waals surface area contributed by atoms with E-state index in [0.29, 0.717) is 22.6 Å². The minimum absolute atomic E-state index is 0.0291. The number of hydrogen-bond donors (Lipinski definition) is 1. The second-order valence-corrected chi connectivity index (χ2v) is 7.91. The Morgan fingerprint density at radius 3 is 2.88 bits per heavy atom. The van der Waals surface area contributed by atoms with Crippen LogP contribution in [0.4, 0.5) is 0 Å². The quantitative estimate of drug-likeness (QED) is 0.479. The highest BCUT2D eigenvalue weighted by atomic mass is 32.2. The van der Waals surface area contributed by atoms with Gasteiger partial charge in [-0.2, -0.15) is 0 Å². The Morgan fingerprint density at radius 1 is 1.35 bits per heavy atom. The summed E-state index contributed by atoms with van der Waals surface area (Å²) in [4.78, 5) is 29.6. The number of hydrogen-bond acceptors (Lipinski definition) is 4. The third-order valence-corrected chi connectivity index (χ3v) is 5.86. The van der Waals surface area contributed by atoms with Crippen molar-refractivity contribution in [3.05, 3.63) is 46.3 Å². The number of fused-ring (bicyclic) bond motifs is 1. The van der Waals surface area contributed by atoms with Gasteiger partial charge in [0.25, 0.3) is 5.56 Å². The lowest BCUT2D eigenvalue weighted by Gasteiger charge is -2.17. The van der Waals surface area contributed by atoms with Crippen LogP contribution in [0.3, 0.4) is 0 Å². The van der Waals surface area contributed by atoms with Gasteiger partial charge >= 0.3 is 0 Å². The zero-order valence-corrected chi connectivity index (χ0v) is 16.1. The first-order valence-electron chi connectivity index (χ1n) is 9.16. The van der Waals surface area contributed by atoms with Gasteiger partial charge in [-0.3, -0.25) is 14.2 Å². The van der Waals surface area contributed by atoms with Gasteiger partial charge in [0.2, 0.25) is 5.91 Å². The molecule has 1 N–H and O–H groups in total. The molecule has 6 heteroatoms. The molecular weight excluding hydrogens is 346 g/mol. The lowest BCUT2D eigenvalue weighted by Crippen LogP contribution is -2.29. The molecule has 1 aromatic carbocycles. The summed E-state index contributed by atoms with van der Waals surface area (Å²) in [5.74, 6) is -0.0704. The van der Waals surface area contributed by atoms with Gasteiger partial charge in [-0.05, 0) is 51.2 Å². The molecule has 1 unspecified atom stereocenters. The van der Waals surface area contributed by atoms with Crippen molar-refractivity contribution in [3.8, 4) is 0 Å². The van der Waals surface area contributed by atoms with Crippen LogP contribution in [-0.2, 0) is 11.3 Å². The molecule has 0 saturated carbocycles. The molecule has 26 heavy (non-hydrogen) atoms. The second kappa shape index (κ2) is 8.54. The topological polar surface area (TPSA) is 64.0 Å². The van der Waals surface area contributed by atoms with Gasteiger partial charge < -0.3 is 5.32 Å². The Bertz CT molecular complexity index is 888. The normalized spacial score (nSPS) is 15.5. The fourth-order valence-electron chi connectivity index (χ4n) is 3.24. The van der Waals surface area contributed by atoms with Crippen molar-refractivity contribution in [2.24, 2.45) is 0 Å². The van der Waals surface area contributed by atoms with E-state index in [9.17, 15) is 9.59 Å². The monoisotopic (exact) mass is 371 g/mol. The van der Waals surface area contributed by atoms with Crippen molar-refractivity contribution in [2.45, 2.75) is 56.0 Å². The van der Waals surface area contributed by atoms with Gasteiger partial charge in [-0.25, -0.2) is 4.98 Å². The minimum Gasteiger partial charge on any atom is -0.358 e. The van der Waals surface area contributed by atoms with Crippen LogP contribution < -0.4 is 10.9 Å². The van der Waals surface area contributed by atoms with Gasteiger partial charge in [-0.15, -0.1) is 0 Å². The van der Waals surface area contributed by atoms with Crippen LogP contribution in [0, 0.1) is 0 Å². The Balaban J connectivity index is 1.95. The van der Waals surface area contributed by atoms with E-state index in [4.69, 9.17) is 0 Å². The fourth-order valence-corrected chi connectivity index (χ4v) is 4.23. The first-order chi connectivity index (χ1) is 12.6. The molecule has 2 aromatic rings. The molecule has 0 bridgehead atoms. The predicted octanol–water partition coefficient (Wildman–Crippen LogP) is 3.51. The standard InChI is InChI=1S/C20H25N3O2S/c1-14(18(24)21-2)26-20-22-17-11-7-6-10-16(17)19(25)23(20)13-12-15-8-4-3-5-9-15/h6-8,10-11,14H,3-5,9,12-13H2,1-2H3,(H,21,24). The SMILES string of the molecule is CNC(=O)C(C)Sc1nc2ccccc2c(=O)n1CCC1=CCCCC1. The molecule has 3 rings (SSSR count). The van der Waals surface area contributed by atoms with Crippen molar-refractivity contribution in [3.63, 3.8) is 0 Å². The fraction of sp³-hybridized carbons (Fsp3) is 0.450. The highest BCUT2D eigenvalue weighted by Crippen LogP contribution is 2.25.